The molecule has 0 amide bonds. The zero-order chi connectivity index (χ0) is 9.26. The number of hydrogen-bond acceptors (Lipinski definition) is 4. The van der Waals surface area contributed by atoms with Crippen LogP contribution in [0.5, 0.6) is 5.75 Å². The summed E-state index contributed by atoms with van der Waals surface area (Å²) in [6.07, 6.45) is 1.14. The molecule has 13 heavy (non-hydrogen) atoms. The van der Waals surface area contributed by atoms with Crippen molar-refractivity contribution in [2.24, 2.45) is 0 Å². The third-order valence-corrected chi connectivity index (χ3v) is 1.78. The molecule has 4 nitrogen and oxygen atoms in total. The van der Waals surface area contributed by atoms with E-state index in [0.29, 0.717) is 16.7 Å². The van der Waals surface area contributed by atoms with Crippen molar-refractivity contribution < 1.29 is 9.15 Å². The van der Waals surface area contributed by atoms with E-state index in [-0.39, 0.29) is 0 Å². The first-order valence-corrected chi connectivity index (χ1v) is 3.73. The van der Waals surface area contributed by atoms with Gasteiger partial charge in [-0.05, 0) is 18.2 Å². The summed E-state index contributed by atoms with van der Waals surface area (Å²) in [6, 6.07) is 5.06. The van der Waals surface area contributed by atoms with Crippen LogP contribution in [0.15, 0.2) is 33.8 Å². The zero-order valence-corrected chi connectivity index (χ0v) is 6.98. The van der Waals surface area contributed by atoms with Crippen LogP contribution in [0.4, 0.5) is 0 Å². The first-order chi connectivity index (χ1) is 6.31. The minimum atomic E-state index is -0.399. The molecule has 0 saturated heterocycles. The van der Waals surface area contributed by atoms with Crippen molar-refractivity contribution in [3.05, 3.63) is 35.0 Å². The van der Waals surface area contributed by atoms with E-state index in [2.05, 4.69) is 9.40 Å². The molecule has 2 rings (SSSR count). The van der Waals surface area contributed by atoms with Crippen LogP contribution in [0.25, 0.3) is 10.9 Å². The molecule has 2 aromatic rings. The Morgan fingerprint density at radius 2 is 2.31 bits per heavy atom. The zero-order valence-electron chi connectivity index (χ0n) is 6.98. The molecule has 0 aliphatic rings. The van der Waals surface area contributed by atoms with Gasteiger partial charge in [-0.2, -0.15) is 0 Å². The van der Waals surface area contributed by atoms with Crippen LogP contribution in [0.3, 0.4) is 0 Å². The Kier molecular flexibility index (Phi) is 1.73. The van der Waals surface area contributed by atoms with Crippen molar-refractivity contribution in [1.82, 2.24) is 4.98 Å². The van der Waals surface area contributed by atoms with Gasteiger partial charge in [0.15, 0.2) is 6.39 Å². The number of hydrogen-bond donors (Lipinski definition) is 0. The molecule has 0 unspecified atom stereocenters. The molecule has 0 atom stereocenters. The molecule has 1 aromatic carbocycles. The molecule has 0 aliphatic carbocycles. The maximum absolute atomic E-state index is 11.2. The highest BCUT2D eigenvalue weighted by molar-refractivity contribution is 5.78. The van der Waals surface area contributed by atoms with E-state index < -0.39 is 5.63 Å². The Morgan fingerprint density at radius 3 is 3.08 bits per heavy atom. The molecule has 0 aliphatic heterocycles. The van der Waals surface area contributed by atoms with Crippen molar-refractivity contribution in [2.45, 2.75) is 0 Å². The highest BCUT2D eigenvalue weighted by atomic mass is 16.5. The SMILES string of the molecule is COc1ccc2ncoc(=O)c2c1. The maximum Gasteiger partial charge on any atom is 0.346 e. The Bertz CT molecular complexity index is 489. The first-order valence-electron chi connectivity index (χ1n) is 3.73. The van der Waals surface area contributed by atoms with Gasteiger partial charge in [-0.3, -0.25) is 0 Å². The molecule has 0 saturated carbocycles. The van der Waals surface area contributed by atoms with Gasteiger partial charge in [-0.15, -0.1) is 0 Å². The van der Waals surface area contributed by atoms with Crippen molar-refractivity contribution in [1.29, 1.82) is 0 Å². The van der Waals surface area contributed by atoms with Gasteiger partial charge in [0.2, 0.25) is 0 Å². The van der Waals surface area contributed by atoms with E-state index in [1.807, 2.05) is 0 Å². The topological polar surface area (TPSA) is 52.3 Å². The average molecular weight is 177 g/mol. The number of aromatic nitrogens is 1. The number of ether oxygens (including phenoxy) is 1. The molecule has 0 fully saturated rings. The molecule has 4 heteroatoms. The maximum atomic E-state index is 11.2. The first kappa shape index (κ1) is 7.79. The van der Waals surface area contributed by atoms with Crippen LogP contribution in [0.2, 0.25) is 0 Å². The minimum absolute atomic E-state index is 0.399. The predicted molar refractivity (Wildman–Crippen MR) is 46.8 cm³/mol. The fraction of sp³-hybridized carbons (Fsp3) is 0.111. The van der Waals surface area contributed by atoms with Gasteiger partial charge in [0, 0.05) is 0 Å². The standard InChI is InChI=1S/C9H7NO3/c1-12-6-2-3-8-7(4-6)9(11)13-5-10-8/h2-5H,1H3. The van der Waals surface area contributed by atoms with Crippen molar-refractivity contribution in [2.75, 3.05) is 7.11 Å². The van der Waals surface area contributed by atoms with Gasteiger partial charge < -0.3 is 9.15 Å². The number of fused-ring (bicyclic) bond motifs is 1. The summed E-state index contributed by atoms with van der Waals surface area (Å²) < 4.78 is 9.59. The van der Waals surface area contributed by atoms with Crippen LogP contribution >= 0.6 is 0 Å². The van der Waals surface area contributed by atoms with Crippen LogP contribution in [0, 0.1) is 0 Å². The second-order valence-corrected chi connectivity index (χ2v) is 2.52. The van der Waals surface area contributed by atoms with Gasteiger partial charge >= 0.3 is 5.63 Å². The smallest absolute Gasteiger partial charge is 0.346 e. The van der Waals surface area contributed by atoms with E-state index >= 15 is 0 Å². The highest BCUT2D eigenvalue weighted by Gasteiger charge is 2.01. The molecule has 0 spiro atoms. The Hall–Kier alpha value is -1.84. The fourth-order valence-corrected chi connectivity index (χ4v) is 1.11. The van der Waals surface area contributed by atoms with Gasteiger partial charge in [0.05, 0.1) is 18.0 Å². The lowest BCUT2D eigenvalue weighted by atomic mass is 10.2. The number of benzene rings is 1. The second kappa shape index (κ2) is 2.90. The van der Waals surface area contributed by atoms with Crippen LogP contribution in [-0.4, -0.2) is 12.1 Å². The minimum Gasteiger partial charge on any atom is -0.497 e. The third-order valence-electron chi connectivity index (χ3n) is 1.78. The van der Waals surface area contributed by atoms with Crippen molar-refractivity contribution in [3.8, 4) is 5.75 Å². The normalized spacial score (nSPS) is 10.2. The molecule has 1 heterocycles. The van der Waals surface area contributed by atoms with Gasteiger partial charge in [0.1, 0.15) is 5.75 Å². The molecule has 66 valence electrons. The Labute approximate surface area is 73.8 Å². The van der Waals surface area contributed by atoms with E-state index in [1.54, 1.807) is 25.3 Å². The predicted octanol–water partition coefficient (Wildman–Crippen LogP) is 1.20. The lowest BCUT2D eigenvalue weighted by Crippen LogP contribution is -1.99. The van der Waals surface area contributed by atoms with Gasteiger partial charge in [-0.25, -0.2) is 9.78 Å². The fourth-order valence-electron chi connectivity index (χ4n) is 1.11. The summed E-state index contributed by atoms with van der Waals surface area (Å²) in [5.41, 5.74) is 0.209. The lowest BCUT2D eigenvalue weighted by Gasteiger charge is -1.99. The summed E-state index contributed by atoms with van der Waals surface area (Å²) in [7, 11) is 1.54. The number of rotatable bonds is 1. The van der Waals surface area contributed by atoms with Crippen LogP contribution in [0.1, 0.15) is 0 Å². The molecule has 1 aromatic heterocycles. The lowest BCUT2D eigenvalue weighted by molar-refractivity contribution is 0.415. The summed E-state index contributed by atoms with van der Waals surface area (Å²) in [4.78, 5) is 15.1. The molecule has 0 N–H and O–H groups in total. The average Bonchev–Trinajstić information content (AvgIpc) is 2.18. The number of methoxy groups -OCH3 is 1. The number of nitrogens with zero attached hydrogens (tertiary/aromatic N) is 1. The van der Waals surface area contributed by atoms with Crippen molar-refractivity contribution in [3.63, 3.8) is 0 Å². The second-order valence-electron chi connectivity index (χ2n) is 2.52. The summed E-state index contributed by atoms with van der Waals surface area (Å²) in [5, 5.41) is 0.432. The Morgan fingerprint density at radius 1 is 1.46 bits per heavy atom. The van der Waals surface area contributed by atoms with E-state index in [9.17, 15) is 4.79 Å². The summed E-state index contributed by atoms with van der Waals surface area (Å²) in [5.74, 6) is 0.618. The molecular weight excluding hydrogens is 170 g/mol. The van der Waals surface area contributed by atoms with Crippen molar-refractivity contribution >= 4 is 10.9 Å². The largest absolute Gasteiger partial charge is 0.497 e. The van der Waals surface area contributed by atoms with E-state index in [1.165, 1.54) is 0 Å². The van der Waals surface area contributed by atoms with Crippen LogP contribution < -0.4 is 10.4 Å². The van der Waals surface area contributed by atoms with E-state index in [0.717, 1.165) is 6.39 Å². The third kappa shape index (κ3) is 1.26. The Balaban J connectivity index is 2.82. The van der Waals surface area contributed by atoms with E-state index in [4.69, 9.17) is 4.74 Å². The molecule has 0 bridgehead atoms. The summed E-state index contributed by atoms with van der Waals surface area (Å²) in [6.45, 7) is 0. The van der Waals surface area contributed by atoms with Gasteiger partial charge in [-0.1, -0.05) is 0 Å². The highest BCUT2D eigenvalue weighted by Crippen LogP contribution is 2.15. The summed E-state index contributed by atoms with van der Waals surface area (Å²) >= 11 is 0. The quantitative estimate of drug-likeness (QED) is 0.656. The molecule has 0 radical (unpaired) electrons. The monoisotopic (exact) mass is 177 g/mol. The molecular formula is C9H7NO3. The van der Waals surface area contributed by atoms with Crippen LogP contribution in [-0.2, 0) is 0 Å². The van der Waals surface area contributed by atoms with Gasteiger partial charge in [0.25, 0.3) is 0 Å².